The highest BCUT2D eigenvalue weighted by molar-refractivity contribution is 6.29. The van der Waals surface area contributed by atoms with Crippen molar-refractivity contribution in [1.82, 2.24) is 15.3 Å². The summed E-state index contributed by atoms with van der Waals surface area (Å²) in [5.41, 5.74) is 2.56. The van der Waals surface area contributed by atoms with Gasteiger partial charge in [-0.05, 0) is 0 Å². The van der Waals surface area contributed by atoms with Crippen molar-refractivity contribution < 1.29 is 9.63 Å². The summed E-state index contributed by atoms with van der Waals surface area (Å²) in [7, 11) is 1.62. The second-order valence-electron chi connectivity index (χ2n) is 2.51. The molecule has 0 saturated heterocycles. The second kappa shape index (κ2) is 4.78. The maximum atomic E-state index is 11.4. The number of aromatic nitrogens is 2. The predicted octanol–water partition coefficient (Wildman–Crippen LogP) is 0.921. The van der Waals surface area contributed by atoms with Gasteiger partial charge in [-0.25, -0.2) is 5.48 Å². The van der Waals surface area contributed by atoms with E-state index in [1.165, 1.54) is 16.8 Å². The Balaban J connectivity index is 2.60. The van der Waals surface area contributed by atoms with E-state index in [-0.39, 0.29) is 11.8 Å². The second-order valence-corrected chi connectivity index (χ2v) is 2.89. The number of nitrogens with one attached hydrogen (secondary N) is 1. The van der Waals surface area contributed by atoms with Crippen molar-refractivity contribution in [2.75, 3.05) is 6.61 Å². The minimum absolute atomic E-state index is 0.247. The number of hydrogen-bond donors (Lipinski definition) is 1. The Bertz CT molecular complexity index is 348. The fourth-order valence-corrected chi connectivity index (χ4v) is 1.08. The lowest BCUT2D eigenvalue weighted by Crippen LogP contribution is -2.25. The van der Waals surface area contributed by atoms with E-state index >= 15 is 0 Å². The maximum absolute atomic E-state index is 11.4. The number of hydrogen-bond acceptors (Lipinski definition) is 3. The van der Waals surface area contributed by atoms with E-state index in [0.717, 1.165) is 0 Å². The number of nitrogens with zero attached hydrogens (tertiary/aromatic N) is 2. The zero-order valence-electron chi connectivity index (χ0n) is 7.66. The molecule has 76 valence electrons. The molecule has 0 fully saturated rings. The lowest BCUT2D eigenvalue weighted by Gasteiger charge is -2.02. The van der Waals surface area contributed by atoms with Crippen molar-refractivity contribution in [3.8, 4) is 0 Å². The predicted molar refractivity (Wildman–Crippen MR) is 51.8 cm³/mol. The zero-order chi connectivity index (χ0) is 10.6. The Morgan fingerprint density at radius 2 is 2.64 bits per heavy atom. The molecule has 0 atom stereocenters. The molecule has 1 heterocycles. The van der Waals surface area contributed by atoms with E-state index in [9.17, 15) is 4.79 Å². The molecule has 0 spiro atoms. The van der Waals surface area contributed by atoms with E-state index in [1.54, 1.807) is 7.05 Å². The SMILES string of the molecule is C=CCONC(=O)c1cc(Cl)nn1C. The molecule has 0 aliphatic rings. The minimum atomic E-state index is -0.395. The molecule has 0 unspecified atom stereocenters. The van der Waals surface area contributed by atoms with Crippen LogP contribution in [-0.2, 0) is 11.9 Å². The maximum Gasteiger partial charge on any atom is 0.293 e. The highest BCUT2D eigenvalue weighted by Crippen LogP contribution is 2.07. The molecule has 14 heavy (non-hydrogen) atoms. The number of carbonyl (C=O) groups excluding carboxylic acids is 1. The molecule has 0 saturated carbocycles. The van der Waals surface area contributed by atoms with Gasteiger partial charge >= 0.3 is 0 Å². The first-order chi connectivity index (χ1) is 6.65. The van der Waals surface area contributed by atoms with Crippen LogP contribution in [0.25, 0.3) is 0 Å². The van der Waals surface area contributed by atoms with Gasteiger partial charge in [0.2, 0.25) is 0 Å². The number of amides is 1. The molecular formula is C8H10ClN3O2. The van der Waals surface area contributed by atoms with Gasteiger partial charge in [0, 0.05) is 13.1 Å². The molecule has 0 aliphatic heterocycles. The third-order valence-electron chi connectivity index (χ3n) is 1.45. The number of hydroxylamine groups is 1. The first-order valence-electron chi connectivity index (χ1n) is 3.87. The van der Waals surface area contributed by atoms with Crippen LogP contribution in [0.4, 0.5) is 0 Å². The van der Waals surface area contributed by atoms with Crippen LogP contribution >= 0.6 is 11.6 Å². The summed E-state index contributed by atoms with van der Waals surface area (Å²) in [4.78, 5) is 16.1. The third-order valence-corrected chi connectivity index (χ3v) is 1.63. The van der Waals surface area contributed by atoms with Gasteiger partial charge in [0.15, 0.2) is 5.15 Å². The van der Waals surface area contributed by atoms with E-state index in [1.807, 2.05) is 0 Å². The van der Waals surface area contributed by atoms with E-state index in [4.69, 9.17) is 16.4 Å². The van der Waals surface area contributed by atoms with Gasteiger partial charge < -0.3 is 0 Å². The van der Waals surface area contributed by atoms with Gasteiger partial charge in [0.05, 0.1) is 6.61 Å². The summed E-state index contributed by atoms with van der Waals surface area (Å²) >= 11 is 5.60. The van der Waals surface area contributed by atoms with Crippen molar-refractivity contribution in [2.45, 2.75) is 0 Å². The van der Waals surface area contributed by atoms with Crippen LogP contribution in [0.2, 0.25) is 5.15 Å². The molecule has 1 rings (SSSR count). The van der Waals surface area contributed by atoms with Gasteiger partial charge in [0.1, 0.15) is 5.69 Å². The first-order valence-corrected chi connectivity index (χ1v) is 4.25. The fourth-order valence-electron chi connectivity index (χ4n) is 0.863. The molecule has 0 aromatic carbocycles. The summed E-state index contributed by atoms with van der Waals surface area (Å²) in [5.74, 6) is -0.395. The van der Waals surface area contributed by atoms with Gasteiger partial charge in [-0.15, -0.1) is 6.58 Å². The number of carbonyl (C=O) groups is 1. The largest absolute Gasteiger partial charge is 0.293 e. The Morgan fingerprint density at radius 3 is 3.14 bits per heavy atom. The molecule has 0 bridgehead atoms. The molecular weight excluding hydrogens is 206 g/mol. The Hall–Kier alpha value is -1.33. The first kappa shape index (κ1) is 10.7. The summed E-state index contributed by atoms with van der Waals surface area (Å²) < 4.78 is 1.37. The normalized spacial score (nSPS) is 9.86. The van der Waals surface area contributed by atoms with Gasteiger partial charge in [-0.1, -0.05) is 17.7 Å². The van der Waals surface area contributed by atoms with Crippen LogP contribution in [0, 0.1) is 0 Å². The van der Waals surface area contributed by atoms with Crippen LogP contribution in [0.5, 0.6) is 0 Å². The van der Waals surface area contributed by atoms with E-state index < -0.39 is 5.91 Å². The smallest absolute Gasteiger partial charge is 0.269 e. The zero-order valence-corrected chi connectivity index (χ0v) is 8.41. The summed E-state index contributed by atoms with van der Waals surface area (Å²) in [6.07, 6.45) is 1.52. The monoisotopic (exact) mass is 215 g/mol. The van der Waals surface area contributed by atoms with Gasteiger partial charge in [-0.2, -0.15) is 5.10 Å². The van der Waals surface area contributed by atoms with Crippen LogP contribution in [-0.4, -0.2) is 22.3 Å². The average molecular weight is 216 g/mol. The molecule has 0 aliphatic carbocycles. The standard InChI is InChI=1S/C8H10ClN3O2/c1-3-4-14-11-8(13)6-5-7(9)10-12(6)2/h3,5H,1,4H2,2H3,(H,11,13). The minimum Gasteiger partial charge on any atom is -0.269 e. The van der Waals surface area contributed by atoms with E-state index in [2.05, 4.69) is 17.2 Å². The van der Waals surface area contributed by atoms with Crippen LogP contribution in [0.3, 0.4) is 0 Å². The van der Waals surface area contributed by atoms with Crippen molar-refractivity contribution in [3.63, 3.8) is 0 Å². The topological polar surface area (TPSA) is 56.1 Å². The average Bonchev–Trinajstić information content (AvgIpc) is 2.45. The molecule has 1 amide bonds. The fraction of sp³-hybridized carbons (Fsp3) is 0.250. The van der Waals surface area contributed by atoms with Gasteiger partial charge in [0.25, 0.3) is 5.91 Å². The van der Waals surface area contributed by atoms with Crippen LogP contribution < -0.4 is 5.48 Å². The van der Waals surface area contributed by atoms with Gasteiger partial charge in [-0.3, -0.25) is 14.3 Å². The summed E-state index contributed by atoms with van der Waals surface area (Å²) in [6.45, 7) is 3.68. The number of rotatable bonds is 4. The van der Waals surface area contributed by atoms with Crippen LogP contribution in [0.15, 0.2) is 18.7 Å². The summed E-state index contributed by atoms with van der Waals surface area (Å²) in [5, 5.41) is 4.07. The van der Waals surface area contributed by atoms with E-state index in [0.29, 0.717) is 5.69 Å². The molecule has 1 aromatic heterocycles. The third kappa shape index (κ3) is 2.58. The molecule has 0 radical (unpaired) electrons. The van der Waals surface area contributed by atoms with Crippen molar-refractivity contribution >= 4 is 17.5 Å². The molecule has 6 heteroatoms. The van der Waals surface area contributed by atoms with Crippen molar-refractivity contribution in [1.29, 1.82) is 0 Å². The lowest BCUT2D eigenvalue weighted by molar-refractivity contribution is 0.0412. The molecule has 5 nitrogen and oxygen atoms in total. The van der Waals surface area contributed by atoms with Crippen molar-refractivity contribution in [2.24, 2.45) is 7.05 Å². The molecule has 1 aromatic rings. The number of halogens is 1. The quantitative estimate of drug-likeness (QED) is 0.462. The molecule has 1 N–H and O–H groups in total. The van der Waals surface area contributed by atoms with Crippen molar-refractivity contribution in [3.05, 3.63) is 29.6 Å². The number of aryl methyl sites for hydroxylation is 1. The Labute approximate surface area is 86.3 Å². The van der Waals surface area contributed by atoms with Crippen LogP contribution in [0.1, 0.15) is 10.5 Å². The highest BCUT2D eigenvalue weighted by Gasteiger charge is 2.11. The lowest BCUT2D eigenvalue weighted by atomic mass is 10.4. The summed E-state index contributed by atoms with van der Waals surface area (Å²) in [6, 6.07) is 1.45. The Morgan fingerprint density at radius 1 is 1.93 bits per heavy atom. The Kier molecular flexibility index (Phi) is 3.67. The highest BCUT2D eigenvalue weighted by atomic mass is 35.5.